The van der Waals surface area contributed by atoms with E-state index in [-0.39, 0.29) is 0 Å². The van der Waals surface area contributed by atoms with Crippen LogP contribution in [-0.2, 0) is 0 Å². The van der Waals surface area contributed by atoms with Crippen LogP contribution in [0.3, 0.4) is 0 Å². The van der Waals surface area contributed by atoms with E-state index in [4.69, 9.17) is 0 Å². The standard InChI is InChI=1S/C15H32N2/c1-5-8-9-10-17-12-15(13(4)6-2)16-11-14(17)7-3/h13-16H,5-12H2,1-4H3. The summed E-state index contributed by atoms with van der Waals surface area (Å²) >= 11 is 0. The van der Waals surface area contributed by atoms with E-state index in [9.17, 15) is 0 Å². The molecule has 0 saturated carbocycles. The van der Waals surface area contributed by atoms with E-state index in [1.807, 2.05) is 0 Å². The van der Waals surface area contributed by atoms with E-state index in [0.717, 1.165) is 12.0 Å². The lowest BCUT2D eigenvalue weighted by Gasteiger charge is -2.42. The zero-order valence-corrected chi connectivity index (χ0v) is 12.3. The predicted octanol–water partition coefficient (Wildman–Crippen LogP) is 3.28. The second-order valence-electron chi connectivity index (χ2n) is 5.66. The van der Waals surface area contributed by atoms with Crippen LogP contribution in [0.5, 0.6) is 0 Å². The summed E-state index contributed by atoms with van der Waals surface area (Å²) in [6.45, 7) is 13.1. The van der Waals surface area contributed by atoms with Crippen molar-refractivity contribution in [2.75, 3.05) is 19.6 Å². The van der Waals surface area contributed by atoms with E-state index in [1.165, 1.54) is 51.7 Å². The van der Waals surface area contributed by atoms with Gasteiger partial charge in [0.1, 0.15) is 0 Å². The number of hydrogen-bond donors (Lipinski definition) is 1. The highest BCUT2D eigenvalue weighted by Gasteiger charge is 2.28. The molecule has 3 atom stereocenters. The quantitative estimate of drug-likeness (QED) is 0.687. The minimum Gasteiger partial charge on any atom is -0.311 e. The van der Waals surface area contributed by atoms with Gasteiger partial charge >= 0.3 is 0 Å². The second-order valence-corrected chi connectivity index (χ2v) is 5.66. The molecule has 2 nitrogen and oxygen atoms in total. The van der Waals surface area contributed by atoms with Gasteiger partial charge in [0.2, 0.25) is 0 Å². The van der Waals surface area contributed by atoms with Gasteiger partial charge in [-0.05, 0) is 25.3 Å². The third-order valence-corrected chi connectivity index (χ3v) is 4.41. The van der Waals surface area contributed by atoms with Crippen LogP contribution >= 0.6 is 0 Å². The molecule has 102 valence electrons. The number of unbranched alkanes of at least 4 members (excludes halogenated alkanes) is 2. The minimum absolute atomic E-state index is 0.712. The predicted molar refractivity (Wildman–Crippen MR) is 76.4 cm³/mol. The molecule has 2 heteroatoms. The Kier molecular flexibility index (Phi) is 7.14. The van der Waals surface area contributed by atoms with Crippen LogP contribution in [0.25, 0.3) is 0 Å². The summed E-state index contributed by atoms with van der Waals surface area (Å²) in [5.41, 5.74) is 0. The molecule has 1 N–H and O–H groups in total. The smallest absolute Gasteiger partial charge is 0.0221 e. The molecule has 0 radical (unpaired) electrons. The van der Waals surface area contributed by atoms with E-state index < -0.39 is 0 Å². The molecule has 1 heterocycles. The summed E-state index contributed by atoms with van der Waals surface area (Å²) in [7, 11) is 0. The third-order valence-electron chi connectivity index (χ3n) is 4.41. The first kappa shape index (κ1) is 15.0. The van der Waals surface area contributed by atoms with E-state index >= 15 is 0 Å². The van der Waals surface area contributed by atoms with Gasteiger partial charge in [-0.15, -0.1) is 0 Å². The van der Waals surface area contributed by atoms with Gasteiger partial charge in [-0.2, -0.15) is 0 Å². The fourth-order valence-electron chi connectivity index (χ4n) is 2.79. The summed E-state index contributed by atoms with van der Waals surface area (Å²) in [5.74, 6) is 0.807. The molecule has 1 rings (SSSR count). The van der Waals surface area contributed by atoms with E-state index in [2.05, 4.69) is 37.9 Å². The summed E-state index contributed by atoms with van der Waals surface area (Å²) in [6, 6.07) is 1.48. The Balaban J connectivity index is 2.43. The van der Waals surface area contributed by atoms with Crippen molar-refractivity contribution in [3.8, 4) is 0 Å². The number of nitrogens with zero attached hydrogens (tertiary/aromatic N) is 1. The Morgan fingerprint density at radius 2 is 2.00 bits per heavy atom. The molecule has 1 aliphatic rings. The molecular formula is C15H32N2. The van der Waals surface area contributed by atoms with Crippen LogP contribution in [0.2, 0.25) is 0 Å². The second kappa shape index (κ2) is 8.10. The molecule has 1 aliphatic heterocycles. The minimum atomic E-state index is 0.712. The van der Waals surface area contributed by atoms with Crippen molar-refractivity contribution in [3.63, 3.8) is 0 Å². The van der Waals surface area contributed by atoms with Gasteiger partial charge in [0.05, 0.1) is 0 Å². The highest BCUT2D eigenvalue weighted by atomic mass is 15.2. The first-order valence-corrected chi connectivity index (χ1v) is 7.70. The zero-order chi connectivity index (χ0) is 12.7. The van der Waals surface area contributed by atoms with Gasteiger partial charge in [0, 0.05) is 25.2 Å². The Labute approximate surface area is 108 Å². The van der Waals surface area contributed by atoms with Crippen molar-refractivity contribution < 1.29 is 0 Å². The van der Waals surface area contributed by atoms with Gasteiger partial charge in [-0.1, -0.05) is 47.0 Å². The van der Waals surface area contributed by atoms with E-state index in [1.54, 1.807) is 0 Å². The number of nitrogens with one attached hydrogen (secondary N) is 1. The van der Waals surface area contributed by atoms with E-state index in [0.29, 0.717) is 6.04 Å². The Morgan fingerprint density at radius 1 is 1.24 bits per heavy atom. The first-order chi connectivity index (χ1) is 8.22. The van der Waals surface area contributed by atoms with Crippen molar-refractivity contribution in [2.24, 2.45) is 5.92 Å². The topological polar surface area (TPSA) is 15.3 Å². The van der Waals surface area contributed by atoms with Crippen LogP contribution in [0, 0.1) is 5.92 Å². The Hall–Kier alpha value is -0.0800. The third kappa shape index (κ3) is 4.59. The normalized spacial score (nSPS) is 28.2. The molecule has 1 saturated heterocycles. The monoisotopic (exact) mass is 240 g/mol. The largest absolute Gasteiger partial charge is 0.311 e. The molecule has 1 fully saturated rings. The molecule has 0 amide bonds. The average Bonchev–Trinajstić information content (AvgIpc) is 2.38. The van der Waals surface area contributed by atoms with Crippen LogP contribution in [-0.4, -0.2) is 36.6 Å². The molecule has 3 unspecified atom stereocenters. The fourth-order valence-corrected chi connectivity index (χ4v) is 2.79. The van der Waals surface area contributed by atoms with Gasteiger partial charge in [-0.25, -0.2) is 0 Å². The summed E-state index contributed by atoms with van der Waals surface area (Å²) in [5, 5.41) is 3.75. The van der Waals surface area contributed by atoms with Crippen molar-refractivity contribution >= 4 is 0 Å². The molecule has 0 aromatic rings. The van der Waals surface area contributed by atoms with Gasteiger partial charge in [0.25, 0.3) is 0 Å². The van der Waals surface area contributed by atoms with Crippen LogP contribution < -0.4 is 5.32 Å². The summed E-state index contributed by atoms with van der Waals surface area (Å²) in [4.78, 5) is 2.74. The molecule has 0 aromatic heterocycles. The maximum atomic E-state index is 3.75. The number of piperazine rings is 1. The molecule has 0 bridgehead atoms. The fraction of sp³-hybridized carbons (Fsp3) is 1.00. The van der Waals surface area contributed by atoms with Crippen molar-refractivity contribution in [2.45, 2.75) is 71.9 Å². The molecular weight excluding hydrogens is 208 g/mol. The van der Waals surface area contributed by atoms with Crippen LogP contribution in [0.15, 0.2) is 0 Å². The Bertz CT molecular complexity index is 193. The first-order valence-electron chi connectivity index (χ1n) is 7.70. The van der Waals surface area contributed by atoms with Gasteiger partial charge in [-0.3, -0.25) is 4.90 Å². The molecule has 17 heavy (non-hydrogen) atoms. The summed E-state index contributed by atoms with van der Waals surface area (Å²) in [6.07, 6.45) is 6.66. The molecule has 0 aromatic carbocycles. The Morgan fingerprint density at radius 3 is 2.59 bits per heavy atom. The van der Waals surface area contributed by atoms with Crippen molar-refractivity contribution in [3.05, 3.63) is 0 Å². The average molecular weight is 240 g/mol. The lowest BCUT2D eigenvalue weighted by atomic mass is 9.94. The van der Waals surface area contributed by atoms with Crippen LogP contribution in [0.4, 0.5) is 0 Å². The lowest BCUT2D eigenvalue weighted by molar-refractivity contribution is 0.104. The summed E-state index contributed by atoms with van der Waals surface area (Å²) < 4.78 is 0. The van der Waals surface area contributed by atoms with Gasteiger partial charge < -0.3 is 5.32 Å². The maximum Gasteiger partial charge on any atom is 0.0221 e. The van der Waals surface area contributed by atoms with Gasteiger partial charge in [0.15, 0.2) is 0 Å². The maximum absolute atomic E-state index is 3.75. The number of rotatable bonds is 7. The van der Waals surface area contributed by atoms with Crippen molar-refractivity contribution in [1.82, 2.24) is 10.2 Å². The van der Waals surface area contributed by atoms with Crippen molar-refractivity contribution in [1.29, 1.82) is 0 Å². The SMILES string of the molecule is CCCCCN1CC(C(C)CC)NCC1CC. The zero-order valence-electron chi connectivity index (χ0n) is 12.3. The highest BCUT2D eigenvalue weighted by Crippen LogP contribution is 2.17. The van der Waals surface area contributed by atoms with Crippen LogP contribution in [0.1, 0.15) is 59.8 Å². The lowest BCUT2D eigenvalue weighted by Crippen LogP contribution is -2.58. The molecule has 0 spiro atoms. The molecule has 0 aliphatic carbocycles. The highest BCUT2D eigenvalue weighted by molar-refractivity contribution is 4.87. The number of hydrogen-bond acceptors (Lipinski definition) is 2.